The molecule has 1 saturated heterocycles. The highest BCUT2D eigenvalue weighted by Crippen LogP contribution is 2.38. The summed E-state index contributed by atoms with van der Waals surface area (Å²) in [5.74, 6) is 0.945. The Kier molecular flexibility index (Phi) is 6.20. The molecule has 0 amide bonds. The first kappa shape index (κ1) is 20.5. The number of nitrogens with one attached hydrogen (secondary N) is 1. The zero-order valence-electron chi connectivity index (χ0n) is 18.4. The smallest absolute Gasteiger partial charge is 0.0950 e. The summed E-state index contributed by atoms with van der Waals surface area (Å²) in [6, 6.07) is 33.5. The third-order valence-corrected chi connectivity index (χ3v) is 7.01. The fourth-order valence-electron chi connectivity index (χ4n) is 5.29. The van der Waals surface area contributed by atoms with Crippen molar-refractivity contribution in [1.29, 1.82) is 0 Å². The summed E-state index contributed by atoms with van der Waals surface area (Å²) in [6.07, 6.45) is 6.70. The zero-order chi connectivity index (χ0) is 20.9. The van der Waals surface area contributed by atoms with E-state index in [1.165, 1.54) is 61.9 Å². The second kappa shape index (κ2) is 9.38. The van der Waals surface area contributed by atoms with Crippen molar-refractivity contribution in [1.82, 2.24) is 10.2 Å². The molecule has 5 rings (SSSR count). The molecular formula is C29H34N2. The predicted molar refractivity (Wildman–Crippen MR) is 129 cm³/mol. The second-order valence-corrected chi connectivity index (χ2v) is 9.39. The Bertz CT molecular complexity index is 838. The van der Waals surface area contributed by atoms with Gasteiger partial charge in [0, 0.05) is 19.1 Å². The van der Waals surface area contributed by atoms with Gasteiger partial charge in [0.2, 0.25) is 0 Å². The summed E-state index contributed by atoms with van der Waals surface area (Å²) in [6.45, 7) is 3.68. The molecule has 1 aliphatic heterocycles. The van der Waals surface area contributed by atoms with Gasteiger partial charge in [-0.3, -0.25) is 5.32 Å². The van der Waals surface area contributed by atoms with Gasteiger partial charge in [-0.15, -0.1) is 0 Å². The van der Waals surface area contributed by atoms with E-state index >= 15 is 0 Å². The van der Waals surface area contributed by atoms with E-state index in [-0.39, 0.29) is 5.54 Å². The van der Waals surface area contributed by atoms with Crippen molar-refractivity contribution in [3.05, 3.63) is 108 Å². The molecule has 0 bridgehead atoms. The SMILES string of the molecule is c1ccc(C(N[C@@H]2CCCCN(CC3CC3)C2)(c2ccccc2)c2ccccc2)cc1. The van der Waals surface area contributed by atoms with Gasteiger partial charge in [0.1, 0.15) is 0 Å². The average molecular weight is 411 g/mol. The molecule has 3 aromatic rings. The molecule has 1 atom stereocenters. The van der Waals surface area contributed by atoms with Crippen LogP contribution in [-0.2, 0) is 5.54 Å². The molecule has 160 valence electrons. The van der Waals surface area contributed by atoms with Crippen molar-refractivity contribution in [2.45, 2.75) is 43.7 Å². The highest BCUT2D eigenvalue weighted by atomic mass is 15.2. The van der Waals surface area contributed by atoms with Crippen molar-refractivity contribution in [3.63, 3.8) is 0 Å². The molecule has 0 spiro atoms. The van der Waals surface area contributed by atoms with Gasteiger partial charge in [-0.1, -0.05) is 97.4 Å². The molecule has 1 heterocycles. The molecule has 0 unspecified atom stereocenters. The van der Waals surface area contributed by atoms with E-state index in [4.69, 9.17) is 0 Å². The van der Waals surface area contributed by atoms with E-state index in [0.29, 0.717) is 6.04 Å². The standard InChI is InChI=1S/C29H34N2/c1-4-12-25(13-5-1)29(26-14-6-2-7-15-26,27-16-8-3-9-17-27)30-28-18-10-11-21-31(23-28)22-24-19-20-24/h1-9,12-17,24,28,30H,10-11,18-23H2/t28-/m1/s1. The van der Waals surface area contributed by atoms with Crippen LogP contribution in [0.5, 0.6) is 0 Å². The third-order valence-electron chi connectivity index (χ3n) is 7.01. The van der Waals surface area contributed by atoms with E-state index < -0.39 is 0 Å². The van der Waals surface area contributed by atoms with Crippen LogP contribution >= 0.6 is 0 Å². The summed E-state index contributed by atoms with van der Waals surface area (Å²) < 4.78 is 0. The topological polar surface area (TPSA) is 15.3 Å². The molecule has 0 aromatic heterocycles. The molecular weight excluding hydrogens is 376 g/mol. The molecule has 1 aliphatic carbocycles. The maximum absolute atomic E-state index is 4.24. The number of rotatable bonds is 7. The molecule has 2 nitrogen and oxygen atoms in total. The molecule has 0 radical (unpaired) electrons. The van der Waals surface area contributed by atoms with Crippen LogP contribution in [0, 0.1) is 5.92 Å². The van der Waals surface area contributed by atoms with Gasteiger partial charge in [0.15, 0.2) is 0 Å². The highest BCUT2D eigenvalue weighted by Gasteiger charge is 2.39. The fourth-order valence-corrected chi connectivity index (χ4v) is 5.29. The minimum Gasteiger partial charge on any atom is -0.302 e. The van der Waals surface area contributed by atoms with E-state index in [1.54, 1.807) is 0 Å². The Morgan fingerprint density at radius 1 is 0.677 bits per heavy atom. The largest absolute Gasteiger partial charge is 0.302 e. The van der Waals surface area contributed by atoms with Gasteiger partial charge in [0.25, 0.3) is 0 Å². The lowest BCUT2D eigenvalue weighted by molar-refractivity contribution is 0.235. The lowest BCUT2D eigenvalue weighted by Crippen LogP contribution is -2.53. The minimum atomic E-state index is -0.357. The van der Waals surface area contributed by atoms with Gasteiger partial charge in [-0.2, -0.15) is 0 Å². The van der Waals surface area contributed by atoms with Crippen LogP contribution in [0.2, 0.25) is 0 Å². The third kappa shape index (κ3) is 4.61. The van der Waals surface area contributed by atoms with Gasteiger partial charge in [0.05, 0.1) is 5.54 Å². The molecule has 31 heavy (non-hydrogen) atoms. The molecule has 2 aliphatic rings. The van der Waals surface area contributed by atoms with Gasteiger partial charge in [-0.25, -0.2) is 0 Å². The van der Waals surface area contributed by atoms with E-state index in [2.05, 4.69) is 101 Å². The molecule has 1 N–H and O–H groups in total. The number of likely N-dealkylation sites (tertiary alicyclic amines) is 1. The molecule has 1 saturated carbocycles. The second-order valence-electron chi connectivity index (χ2n) is 9.39. The Morgan fingerprint density at radius 2 is 1.19 bits per heavy atom. The highest BCUT2D eigenvalue weighted by molar-refractivity contribution is 5.49. The van der Waals surface area contributed by atoms with Crippen LogP contribution in [0.4, 0.5) is 0 Å². The molecule has 2 heteroatoms. The summed E-state index contributed by atoms with van der Waals surface area (Å²) in [7, 11) is 0. The summed E-state index contributed by atoms with van der Waals surface area (Å²) in [5.41, 5.74) is 3.57. The van der Waals surface area contributed by atoms with Gasteiger partial charge < -0.3 is 4.90 Å². The first-order valence-electron chi connectivity index (χ1n) is 12.0. The van der Waals surface area contributed by atoms with Crippen LogP contribution in [0.1, 0.15) is 48.8 Å². The number of hydrogen-bond acceptors (Lipinski definition) is 2. The minimum absolute atomic E-state index is 0.357. The Labute approximate surface area is 187 Å². The predicted octanol–water partition coefficient (Wildman–Crippen LogP) is 5.83. The number of hydrogen-bond donors (Lipinski definition) is 1. The first-order valence-corrected chi connectivity index (χ1v) is 12.0. The van der Waals surface area contributed by atoms with Crippen LogP contribution in [0.3, 0.4) is 0 Å². The normalized spacial score (nSPS) is 20.3. The number of nitrogens with zero attached hydrogens (tertiary/aromatic N) is 1. The monoisotopic (exact) mass is 410 g/mol. The van der Waals surface area contributed by atoms with Crippen molar-refractivity contribution in [2.75, 3.05) is 19.6 Å². The summed E-state index contributed by atoms with van der Waals surface area (Å²) in [4.78, 5) is 2.73. The Balaban J connectivity index is 1.57. The zero-order valence-corrected chi connectivity index (χ0v) is 18.4. The lowest BCUT2D eigenvalue weighted by atomic mass is 9.76. The maximum atomic E-state index is 4.24. The molecule has 3 aromatic carbocycles. The van der Waals surface area contributed by atoms with Crippen LogP contribution < -0.4 is 5.32 Å². The van der Waals surface area contributed by atoms with E-state index in [1.807, 2.05) is 0 Å². The van der Waals surface area contributed by atoms with E-state index in [9.17, 15) is 0 Å². The Morgan fingerprint density at radius 3 is 1.68 bits per heavy atom. The number of benzene rings is 3. The lowest BCUT2D eigenvalue weighted by Gasteiger charge is -2.41. The summed E-state index contributed by atoms with van der Waals surface area (Å²) >= 11 is 0. The van der Waals surface area contributed by atoms with E-state index in [0.717, 1.165) is 12.5 Å². The van der Waals surface area contributed by atoms with Crippen molar-refractivity contribution in [2.24, 2.45) is 5.92 Å². The Hall–Kier alpha value is -2.42. The van der Waals surface area contributed by atoms with Crippen molar-refractivity contribution >= 4 is 0 Å². The first-order chi connectivity index (χ1) is 15.3. The van der Waals surface area contributed by atoms with Crippen LogP contribution in [-0.4, -0.2) is 30.6 Å². The van der Waals surface area contributed by atoms with Crippen molar-refractivity contribution < 1.29 is 0 Å². The van der Waals surface area contributed by atoms with Crippen LogP contribution in [0.15, 0.2) is 91.0 Å². The van der Waals surface area contributed by atoms with Crippen molar-refractivity contribution in [3.8, 4) is 0 Å². The average Bonchev–Trinajstić information content (AvgIpc) is 3.67. The van der Waals surface area contributed by atoms with Gasteiger partial charge in [-0.05, 0) is 54.8 Å². The molecule has 2 fully saturated rings. The quantitative estimate of drug-likeness (QED) is 0.493. The fraction of sp³-hybridized carbons (Fsp3) is 0.379. The summed E-state index contributed by atoms with van der Waals surface area (Å²) in [5, 5.41) is 4.24. The maximum Gasteiger partial charge on any atom is 0.0950 e. The van der Waals surface area contributed by atoms with Gasteiger partial charge >= 0.3 is 0 Å². The van der Waals surface area contributed by atoms with Crippen LogP contribution in [0.25, 0.3) is 0 Å².